The molecule has 3 aromatic rings. The quantitative estimate of drug-likeness (QED) is 0.421. The van der Waals surface area contributed by atoms with Crippen molar-refractivity contribution < 1.29 is 9.53 Å². The molecule has 2 amide bonds. The van der Waals surface area contributed by atoms with Gasteiger partial charge in [0.1, 0.15) is 11.6 Å². The van der Waals surface area contributed by atoms with Crippen LogP contribution in [0.2, 0.25) is 0 Å². The van der Waals surface area contributed by atoms with Crippen LogP contribution in [0.15, 0.2) is 61.3 Å². The summed E-state index contributed by atoms with van der Waals surface area (Å²) in [7, 11) is 0. The first-order valence-corrected chi connectivity index (χ1v) is 13.0. The summed E-state index contributed by atoms with van der Waals surface area (Å²) in [6, 6.07) is 12.0. The Hall–Kier alpha value is -3.55. The molecule has 0 atom stereocenters. The molecule has 1 aromatic carbocycles. The third-order valence-electron chi connectivity index (χ3n) is 6.66. The van der Waals surface area contributed by atoms with Crippen molar-refractivity contribution in [1.82, 2.24) is 24.8 Å². The molecule has 4 rings (SSSR count). The van der Waals surface area contributed by atoms with E-state index in [-0.39, 0.29) is 6.03 Å². The van der Waals surface area contributed by atoms with Crippen molar-refractivity contribution in [2.24, 2.45) is 5.92 Å². The Morgan fingerprint density at radius 3 is 2.58 bits per heavy atom. The van der Waals surface area contributed by atoms with E-state index in [9.17, 15) is 4.79 Å². The van der Waals surface area contributed by atoms with Crippen LogP contribution < -0.4 is 15.0 Å². The Morgan fingerprint density at radius 2 is 1.92 bits per heavy atom. The predicted octanol–water partition coefficient (Wildman–Crippen LogP) is 4.72. The van der Waals surface area contributed by atoms with E-state index < -0.39 is 0 Å². The summed E-state index contributed by atoms with van der Waals surface area (Å²) in [5.41, 5.74) is 2.06. The van der Waals surface area contributed by atoms with Crippen molar-refractivity contribution in [3.05, 3.63) is 72.4 Å². The highest BCUT2D eigenvalue weighted by molar-refractivity contribution is 5.74. The van der Waals surface area contributed by atoms with Crippen molar-refractivity contribution in [2.45, 2.75) is 52.7 Å². The van der Waals surface area contributed by atoms with Crippen LogP contribution in [0, 0.1) is 5.92 Å². The second-order valence-corrected chi connectivity index (χ2v) is 9.51. The van der Waals surface area contributed by atoms with Crippen LogP contribution in [-0.2, 0) is 19.6 Å². The normalized spacial score (nSPS) is 14.0. The molecule has 1 aliphatic rings. The van der Waals surface area contributed by atoms with Gasteiger partial charge in [-0.25, -0.2) is 14.8 Å². The molecule has 8 heteroatoms. The molecular weight excluding hydrogens is 452 g/mol. The number of piperidine rings is 1. The number of pyridine rings is 1. The highest BCUT2D eigenvalue weighted by Gasteiger charge is 2.17. The van der Waals surface area contributed by atoms with Gasteiger partial charge in [-0.3, -0.25) is 0 Å². The molecule has 1 aliphatic heterocycles. The number of hydrogen-bond acceptors (Lipinski definition) is 5. The number of imidazole rings is 1. The molecule has 2 aromatic heterocycles. The molecule has 0 spiro atoms. The minimum absolute atomic E-state index is 0.0800. The average Bonchev–Trinajstić information content (AvgIpc) is 3.42. The summed E-state index contributed by atoms with van der Waals surface area (Å²) in [5, 5.41) is 3.09. The number of benzene rings is 1. The standard InChI is InChI=1S/C28H38N6O2/c1-3-36-26-8-5-24(6-9-26)21-34(15-4-14-32-18-13-29-22-32)28(35)31-20-25-7-10-27(30-19-25)33-16-11-23(2)12-17-33/h5-10,13,18-19,22-23H,3-4,11-12,14-17,20-21H2,1-2H3,(H,31,35). The zero-order valence-electron chi connectivity index (χ0n) is 21.5. The predicted molar refractivity (Wildman–Crippen MR) is 142 cm³/mol. The lowest BCUT2D eigenvalue weighted by Gasteiger charge is -2.31. The number of anilines is 1. The van der Waals surface area contributed by atoms with Gasteiger partial charge < -0.3 is 24.4 Å². The fourth-order valence-electron chi connectivity index (χ4n) is 4.43. The third kappa shape index (κ3) is 7.47. The number of ether oxygens (including phenoxy) is 1. The lowest BCUT2D eigenvalue weighted by Crippen LogP contribution is -2.40. The van der Waals surface area contributed by atoms with Gasteiger partial charge in [0.15, 0.2) is 0 Å². The lowest BCUT2D eigenvalue weighted by atomic mass is 9.99. The zero-order valence-corrected chi connectivity index (χ0v) is 21.5. The largest absolute Gasteiger partial charge is 0.494 e. The summed E-state index contributed by atoms with van der Waals surface area (Å²) in [6.45, 7) is 9.47. The van der Waals surface area contributed by atoms with E-state index in [4.69, 9.17) is 4.74 Å². The van der Waals surface area contributed by atoms with Crippen molar-refractivity contribution in [1.29, 1.82) is 0 Å². The first kappa shape index (κ1) is 25.5. The fourth-order valence-corrected chi connectivity index (χ4v) is 4.43. The molecule has 0 bridgehead atoms. The van der Waals surface area contributed by atoms with E-state index >= 15 is 0 Å². The maximum Gasteiger partial charge on any atom is 0.317 e. The van der Waals surface area contributed by atoms with E-state index in [0.717, 1.165) is 54.7 Å². The zero-order chi connectivity index (χ0) is 25.2. The Morgan fingerprint density at radius 1 is 1.14 bits per heavy atom. The van der Waals surface area contributed by atoms with E-state index in [1.54, 1.807) is 12.5 Å². The SMILES string of the molecule is CCOc1ccc(CN(CCCn2ccnc2)C(=O)NCc2ccc(N3CCC(C)CC3)nc2)cc1. The summed E-state index contributed by atoms with van der Waals surface area (Å²) in [6.07, 6.45) is 10.7. The van der Waals surface area contributed by atoms with Crippen LogP contribution in [0.1, 0.15) is 44.2 Å². The molecule has 192 valence electrons. The van der Waals surface area contributed by atoms with Gasteiger partial charge in [-0.15, -0.1) is 0 Å². The number of aromatic nitrogens is 3. The number of urea groups is 1. The van der Waals surface area contributed by atoms with Crippen LogP contribution in [0.5, 0.6) is 5.75 Å². The number of aryl methyl sites for hydroxylation is 1. The molecule has 3 heterocycles. The van der Waals surface area contributed by atoms with Crippen LogP contribution in [0.4, 0.5) is 10.6 Å². The second kappa shape index (κ2) is 13.0. The first-order chi connectivity index (χ1) is 17.6. The summed E-state index contributed by atoms with van der Waals surface area (Å²) >= 11 is 0. The molecule has 0 saturated carbocycles. The number of hydrogen-bond donors (Lipinski definition) is 1. The van der Waals surface area contributed by atoms with Crippen LogP contribution >= 0.6 is 0 Å². The van der Waals surface area contributed by atoms with Crippen LogP contribution in [-0.4, -0.2) is 51.7 Å². The minimum atomic E-state index is -0.0800. The molecule has 0 radical (unpaired) electrons. The van der Waals surface area contributed by atoms with Crippen molar-refractivity contribution in [2.75, 3.05) is 31.1 Å². The number of carbonyl (C=O) groups is 1. The summed E-state index contributed by atoms with van der Waals surface area (Å²) in [4.78, 5) is 26.1. The molecular formula is C28H38N6O2. The van der Waals surface area contributed by atoms with Crippen molar-refractivity contribution in [3.63, 3.8) is 0 Å². The van der Waals surface area contributed by atoms with Gasteiger partial charge in [0.25, 0.3) is 0 Å². The van der Waals surface area contributed by atoms with E-state index in [0.29, 0.717) is 26.2 Å². The minimum Gasteiger partial charge on any atom is -0.494 e. The van der Waals surface area contributed by atoms with Gasteiger partial charge in [-0.05, 0) is 61.4 Å². The van der Waals surface area contributed by atoms with Crippen molar-refractivity contribution in [3.8, 4) is 5.75 Å². The van der Waals surface area contributed by atoms with Gasteiger partial charge >= 0.3 is 6.03 Å². The molecule has 0 unspecified atom stereocenters. The number of nitrogens with one attached hydrogen (secondary N) is 1. The van der Waals surface area contributed by atoms with Gasteiger partial charge in [0.05, 0.1) is 12.9 Å². The van der Waals surface area contributed by atoms with Gasteiger partial charge in [0, 0.05) is 57.9 Å². The fraction of sp³-hybridized carbons (Fsp3) is 0.464. The Kier molecular flexibility index (Phi) is 9.19. The second-order valence-electron chi connectivity index (χ2n) is 9.51. The van der Waals surface area contributed by atoms with Crippen LogP contribution in [0.3, 0.4) is 0 Å². The maximum atomic E-state index is 13.2. The Labute approximate surface area is 214 Å². The molecule has 1 fully saturated rings. The smallest absolute Gasteiger partial charge is 0.317 e. The summed E-state index contributed by atoms with van der Waals surface area (Å²) < 4.78 is 7.58. The third-order valence-corrected chi connectivity index (χ3v) is 6.66. The number of amides is 2. The number of nitrogens with zero attached hydrogens (tertiary/aromatic N) is 5. The molecule has 36 heavy (non-hydrogen) atoms. The number of rotatable bonds is 11. The first-order valence-electron chi connectivity index (χ1n) is 13.0. The lowest BCUT2D eigenvalue weighted by molar-refractivity contribution is 0.193. The Bertz CT molecular complexity index is 1040. The molecule has 0 aliphatic carbocycles. The van der Waals surface area contributed by atoms with Crippen molar-refractivity contribution >= 4 is 11.8 Å². The van der Waals surface area contributed by atoms with E-state index in [1.165, 1.54) is 12.8 Å². The summed E-state index contributed by atoms with van der Waals surface area (Å²) in [5.74, 6) is 2.65. The highest BCUT2D eigenvalue weighted by atomic mass is 16.5. The molecule has 8 nitrogen and oxygen atoms in total. The number of carbonyl (C=O) groups excluding carboxylic acids is 1. The van der Waals surface area contributed by atoms with Gasteiger partial charge in [-0.1, -0.05) is 25.1 Å². The maximum absolute atomic E-state index is 13.2. The topological polar surface area (TPSA) is 75.5 Å². The van der Waals surface area contributed by atoms with E-state index in [2.05, 4.69) is 39.2 Å². The molecule has 1 N–H and O–H groups in total. The monoisotopic (exact) mass is 490 g/mol. The average molecular weight is 491 g/mol. The van der Waals surface area contributed by atoms with E-state index in [1.807, 2.05) is 53.0 Å². The van der Waals surface area contributed by atoms with Gasteiger partial charge in [0.2, 0.25) is 0 Å². The van der Waals surface area contributed by atoms with Crippen LogP contribution in [0.25, 0.3) is 0 Å². The highest BCUT2D eigenvalue weighted by Crippen LogP contribution is 2.21. The Balaban J connectivity index is 1.33. The van der Waals surface area contributed by atoms with Gasteiger partial charge in [-0.2, -0.15) is 0 Å². The molecule has 1 saturated heterocycles.